The van der Waals surface area contributed by atoms with Gasteiger partial charge >= 0.3 is 5.97 Å². The number of carbonyl (C=O) groups is 1. The third-order valence-corrected chi connectivity index (χ3v) is 4.62. The second-order valence-corrected chi connectivity index (χ2v) is 7.14. The van der Waals surface area contributed by atoms with Crippen LogP contribution in [0, 0.1) is 0 Å². The summed E-state index contributed by atoms with van der Waals surface area (Å²) in [5.74, 6) is -0.290. The minimum absolute atomic E-state index is 0.0637. The predicted octanol–water partition coefficient (Wildman–Crippen LogP) is 4.78. The molecule has 0 aliphatic rings. The van der Waals surface area contributed by atoms with E-state index in [0.717, 1.165) is 26.7 Å². The van der Waals surface area contributed by atoms with E-state index in [1.165, 1.54) is 0 Å². The third-order valence-electron chi connectivity index (χ3n) is 4.16. The molecule has 0 aliphatic heterocycles. The molecule has 0 heterocycles. The van der Waals surface area contributed by atoms with Gasteiger partial charge in [-0.05, 0) is 52.6 Å². The standard InChI is InChI=1S/C22H20BrNO3/c23-20-10-16(9-19(11-20)17-6-3-4-15(8-17)13-24)14-27-21-7-2-1-5-18(21)12-22(25)26/h1-11H,12-14,24H2,(H,25,26). The maximum absolute atomic E-state index is 11.0. The van der Waals surface area contributed by atoms with Crippen molar-refractivity contribution in [3.8, 4) is 16.9 Å². The number of rotatable bonds is 7. The largest absolute Gasteiger partial charge is 0.489 e. The van der Waals surface area contributed by atoms with Crippen LogP contribution in [0.2, 0.25) is 0 Å². The Morgan fingerprint density at radius 2 is 1.74 bits per heavy atom. The number of aliphatic carboxylic acids is 1. The summed E-state index contributed by atoms with van der Waals surface area (Å²) in [4.78, 5) is 11.0. The van der Waals surface area contributed by atoms with Crippen LogP contribution >= 0.6 is 15.9 Å². The number of ether oxygens (including phenoxy) is 1. The van der Waals surface area contributed by atoms with Crippen LogP contribution in [0.3, 0.4) is 0 Å². The Morgan fingerprint density at radius 3 is 2.52 bits per heavy atom. The lowest BCUT2D eigenvalue weighted by Crippen LogP contribution is -2.04. The second kappa shape index (κ2) is 8.84. The molecule has 0 radical (unpaired) electrons. The van der Waals surface area contributed by atoms with Crippen molar-refractivity contribution in [1.82, 2.24) is 0 Å². The van der Waals surface area contributed by atoms with Gasteiger partial charge in [0.15, 0.2) is 0 Å². The van der Waals surface area contributed by atoms with E-state index in [-0.39, 0.29) is 6.42 Å². The highest BCUT2D eigenvalue weighted by atomic mass is 79.9. The molecule has 0 amide bonds. The second-order valence-electron chi connectivity index (χ2n) is 6.22. The van der Waals surface area contributed by atoms with Gasteiger partial charge in [-0.15, -0.1) is 0 Å². The molecule has 0 saturated heterocycles. The molecule has 3 aromatic carbocycles. The first-order valence-electron chi connectivity index (χ1n) is 8.56. The average Bonchev–Trinajstić information content (AvgIpc) is 2.66. The summed E-state index contributed by atoms with van der Waals surface area (Å²) in [5, 5.41) is 9.05. The van der Waals surface area contributed by atoms with Crippen LogP contribution < -0.4 is 10.5 Å². The van der Waals surface area contributed by atoms with Crippen LogP contribution in [0.1, 0.15) is 16.7 Å². The quantitative estimate of drug-likeness (QED) is 0.571. The van der Waals surface area contributed by atoms with E-state index in [1.54, 1.807) is 12.1 Å². The van der Waals surface area contributed by atoms with Gasteiger partial charge < -0.3 is 15.6 Å². The summed E-state index contributed by atoms with van der Waals surface area (Å²) in [6.07, 6.45) is -0.0637. The number of carboxylic acids is 1. The van der Waals surface area contributed by atoms with Gasteiger partial charge in [0.2, 0.25) is 0 Å². The zero-order valence-corrected chi connectivity index (χ0v) is 16.3. The molecule has 0 fully saturated rings. The van der Waals surface area contributed by atoms with Gasteiger partial charge in [-0.1, -0.05) is 52.3 Å². The van der Waals surface area contributed by atoms with E-state index in [4.69, 9.17) is 15.6 Å². The Labute approximate surface area is 166 Å². The number of benzene rings is 3. The summed E-state index contributed by atoms with van der Waals surface area (Å²) in [5.41, 5.74) is 10.6. The fourth-order valence-corrected chi connectivity index (χ4v) is 3.43. The van der Waals surface area contributed by atoms with Crippen LogP contribution in [0.15, 0.2) is 71.2 Å². The molecule has 0 unspecified atom stereocenters. The first kappa shape index (κ1) is 19.1. The Balaban J connectivity index is 1.82. The molecule has 0 saturated carbocycles. The number of carboxylic acid groups (broad SMARTS) is 1. The lowest BCUT2D eigenvalue weighted by molar-refractivity contribution is -0.136. The molecule has 0 bridgehead atoms. The van der Waals surface area contributed by atoms with Crippen molar-refractivity contribution in [2.75, 3.05) is 0 Å². The summed E-state index contributed by atoms with van der Waals surface area (Å²) >= 11 is 3.56. The van der Waals surface area contributed by atoms with E-state index >= 15 is 0 Å². The summed E-state index contributed by atoms with van der Waals surface area (Å²) in [6, 6.07) is 21.5. The molecular weight excluding hydrogens is 406 g/mol. The minimum Gasteiger partial charge on any atom is -0.489 e. The normalized spacial score (nSPS) is 10.6. The van der Waals surface area contributed by atoms with Crippen molar-refractivity contribution < 1.29 is 14.6 Å². The average molecular weight is 426 g/mol. The Morgan fingerprint density at radius 1 is 0.963 bits per heavy atom. The molecule has 0 aromatic heterocycles. The van der Waals surface area contributed by atoms with Gasteiger partial charge in [0, 0.05) is 16.6 Å². The van der Waals surface area contributed by atoms with Crippen LogP contribution in [-0.2, 0) is 24.4 Å². The third kappa shape index (κ3) is 5.18. The monoisotopic (exact) mass is 425 g/mol. The molecule has 3 rings (SSSR count). The summed E-state index contributed by atoms with van der Waals surface area (Å²) in [7, 11) is 0. The zero-order valence-electron chi connectivity index (χ0n) is 14.7. The molecule has 4 nitrogen and oxygen atoms in total. The molecule has 138 valence electrons. The smallest absolute Gasteiger partial charge is 0.307 e. The highest BCUT2D eigenvalue weighted by Gasteiger charge is 2.09. The van der Waals surface area contributed by atoms with Crippen molar-refractivity contribution in [3.05, 3.63) is 87.9 Å². The fraction of sp³-hybridized carbons (Fsp3) is 0.136. The van der Waals surface area contributed by atoms with Crippen LogP contribution in [0.25, 0.3) is 11.1 Å². The van der Waals surface area contributed by atoms with E-state index in [1.807, 2.05) is 36.4 Å². The van der Waals surface area contributed by atoms with Crippen LogP contribution in [0.5, 0.6) is 5.75 Å². The molecule has 27 heavy (non-hydrogen) atoms. The molecule has 3 N–H and O–H groups in total. The van der Waals surface area contributed by atoms with Gasteiger partial charge in [0.05, 0.1) is 6.42 Å². The molecule has 5 heteroatoms. The summed E-state index contributed by atoms with van der Waals surface area (Å²) in [6.45, 7) is 0.845. The highest BCUT2D eigenvalue weighted by Crippen LogP contribution is 2.27. The zero-order chi connectivity index (χ0) is 19.2. The van der Waals surface area contributed by atoms with Gasteiger partial charge in [0.25, 0.3) is 0 Å². The van der Waals surface area contributed by atoms with E-state index in [9.17, 15) is 4.79 Å². The van der Waals surface area contributed by atoms with E-state index in [2.05, 4.69) is 34.1 Å². The van der Waals surface area contributed by atoms with Crippen molar-refractivity contribution in [1.29, 1.82) is 0 Å². The maximum Gasteiger partial charge on any atom is 0.307 e. The predicted molar refractivity (Wildman–Crippen MR) is 110 cm³/mol. The number of nitrogens with two attached hydrogens (primary N) is 1. The molecular formula is C22H20BrNO3. The maximum atomic E-state index is 11.0. The van der Waals surface area contributed by atoms with Gasteiger partial charge in [-0.25, -0.2) is 0 Å². The topological polar surface area (TPSA) is 72.5 Å². The minimum atomic E-state index is -0.879. The number of para-hydroxylation sites is 1. The van der Waals surface area contributed by atoms with Gasteiger partial charge in [0.1, 0.15) is 12.4 Å². The SMILES string of the molecule is NCc1cccc(-c2cc(Br)cc(COc3ccccc3CC(=O)O)c2)c1. The van der Waals surface area contributed by atoms with Crippen molar-refractivity contribution in [2.24, 2.45) is 5.73 Å². The fourth-order valence-electron chi connectivity index (χ4n) is 2.89. The lowest BCUT2D eigenvalue weighted by Gasteiger charge is -2.12. The van der Waals surface area contributed by atoms with Gasteiger partial charge in [-0.2, -0.15) is 0 Å². The molecule has 3 aromatic rings. The molecule has 0 aliphatic carbocycles. The van der Waals surface area contributed by atoms with Gasteiger partial charge in [-0.3, -0.25) is 4.79 Å². The van der Waals surface area contributed by atoms with E-state index < -0.39 is 5.97 Å². The van der Waals surface area contributed by atoms with Crippen molar-refractivity contribution in [3.63, 3.8) is 0 Å². The number of halogens is 1. The first-order valence-corrected chi connectivity index (χ1v) is 9.36. The van der Waals surface area contributed by atoms with Crippen LogP contribution in [0.4, 0.5) is 0 Å². The Bertz CT molecular complexity index is 956. The molecule has 0 atom stereocenters. The van der Waals surface area contributed by atoms with Crippen LogP contribution in [-0.4, -0.2) is 11.1 Å². The summed E-state index contributed by atoms with van der Waals surface area (Å²) < 4.78 is 6.86. The highest BCUT2D eigenvalue weighted by molar-refractivity contribution is 9.10. The van der Waals surface area contributed by atoms with Crippen molar-refractivity contribution in [2.45, 2.75) is 19.6 Å². The van der Waals surface area contributed by atoms with Crippen molar-refractivity contribution >= 4 is 21.9 Å². The Kier molecular flexibility index (Phi) is 6.27. The van der Waals surface area contributed by atoms with E-state index in [0.29, 0.717) is 24.5 Å². The first-order chi connectivity index (χ1) is 13.0. The molecule has 0 spiro atoms. The Hall–Kier alpha value is -2.63. The number of hydrogen-bond donors (Lipinski definition) is 2. The lowest BCUT2D eigenvalue weighted by atomic mass is 10.0. The number of hydrogen-bond acceptors (Lipinski definition) is 3.